The minimum absolute atomic E-state index is 0.315. The van der Waals surface area contributed by atoms with Gasteiger partial charge in [0.15, 0.2) is 0 Å². The predicted molar refractivity (Wildman–Crippen MR) is 75.3 cm³/mol. The van der Waals surface area contributed by atoms with Gasteiger partial charge >= 0.3 is 5.97 Å². The summed E-state index contributed by atoms with van der Waals surface area (Å²) < 4.78 is 4.81. The first-order valence-corrected chi connectivity index (χ1v) is 6.41. The SMILES string of the molecule is C/C=C(/C(=O)OC)N1CCCC1=Nc1ccccc1. The fourth-order valence-electron chi connectivity index (χ4n) is 2.18. The number of esters is 1. The average molecular weight is 258 g/mol. The summed E-state index contributed by atoms with van der Waals surface area (Å²) in [6.45, 7) is 2.64. The minimum Gasteiger partial charge on any atom is -0.464 e. The Kier molecular flexibility index (Phi) is 4.34. The molecular formula is C15H18N2O2. The van der Waals surface area contributed by atoms with Crippen molar-refractivity contribution < 1.29 is 9.53 Å². The smallest absolute Gasteiger partial charge is 0.354 e. The molecule has 4 heteroatoms. The highest BCUT2D eigenvalue weighted by atomic mass is 16.5. The van der Waals surface area contributed by atoms with E-state index in [-0.39, 0.29) is 5.97 Å². The number of allylic oxidation sites excluding steroid dienone is 1. The van der Waals surface area contributed by atoms with Crippen LogP contribution >= 0.6 is 0 Å². The number of carbonyl (C=O) groups excluding carboxylic acids is 1. The Morgan fingerprint density at radius 2 is 2.11 bits per heavy atom. The van der Waals surface area contributed by atoms with Crippen LogP contribution in [0.15, 0.2) is 47.1 Å². The fourth-order valence-corrected chi connectivity index (χ4v) is 2.18. The van der Waals surface area contributed by atoms with Gasteiger partial charge in [-0.05, 0) is 25.5 Å². The summed E-state index contributed by atoms with van der Waals surface area (Å²) in [5.74, 6) is 0.606. The van der Waals surface area contributed by atoms with Gasteiger partial charge < -0.3 is 9.64 Å². The van der Waals surface area contributed by atoms with Crippen molar-refractivity contribution in [1.29, 1.82) is 0 Å². The molecule has 0 radical (unpaired) electrons. The average Bonchev–Trinajstić information content (AvgIpc) is 2.89. The topological polar surface area (TPSA) is 41.9 Å². The number of ether oxygens (including phenoxy) is 1. The number of hydrogen-bond acceptors (Lipinski definition) is 3. The molecule has 0 spiro atoms. The summed E-state index contributed by atoms with van der Waals surface area (Å²) in [7, 11) is 1.40. The molecule has 1 aromatic carbocycles. The lowest BCUT2D eigenvalue weighted by atomic mass is 10.3. The van der Waals surface area contributed by atoms with E-state index in [2.05, 4.69) is 4.99 Å². The molecule has 0 atom stereocenters. The maximum absolute atomic E-state index is 11.7. The number of rotatable bonds is 3. The Bertz CT molecular complexity index is 506. The maximum Gasteiger partial charge on any atom is 0.354 e. The van der Waals surface area contributed by atoms with Gasteiger partial charge in [0, 0.05) is 13.0 Å². The maximum atomic E-state index is 11.7. The number of para-hydroxylation sites is 1. The summed E-state index contributed by atoms with van der Waals surface area (Å²) in [6.07, 6.45) is 3.65. The van der Waals surface area contributed by atoms with Gasteiger partial charge in [-0.3, -0.25) is 0 Å². The number of carbonyl (C=O) groups is 1. The van der Waals surface area contributed by atoms with Crippen molar-refractivity contribution in [2.45, 2.75) is 19.8 Å². The number of hydrogen-bond donors (Lipinski definition) is 0. The lowest BCUT2D eigenvalue weighted by Gasteiger charge is -2.20. The molecule has 1 aromatic rings. The zero-order valence-electron chi connectivity index (χ0n) is 11.3. The molecule has 1 aliphatic heterocycles. The molecule has 2 rings (SSSR count). The highest BCUT2D eigenvalue weighted by Crippen LogP contribution is 2.22. The summed E-state index contributed by atoms with van der Waals surface area (Å²) in [5, 5.41) is 0. The summed E-state index contributed by atoms with van der Waals surface area (Å²) in [6, 6.07) is 9.78. The molecule has 0 aliphatic carbocycles. The number of benzene rings is 1. The number of amidine groups is 1. The van der Waals surface area contributed by atoms with Gasteiger partial charge in [0.25, 0.3) is 0 Å². The van der Waals surface area contributed by atoms with Crippen LogP contribution in [0.3, 0.4) is 0 Å². The molecular weight excluding hydrogens is 240 g/mol. The number of likely N-dealkylation sites (tertiary alicyclic amines) is 1. The van der Waals surface area contributed by atoms with E-state index in [0.717, 1.165) is 30.9 Å². The third kappa shape index (κ3) is 3.02. The van der Waals surface area contributed by atoms with E-state index in [0.29, 0.717) is 5.70 Å². The number of methoxy groups -OCH3 is 1. The van der Waals surface area contributed by atoms with E-state index in [4.69, 9.17) is 4.74 Å². The Morgan fingerprint density at radius 3 is 2.74 bits per heavy atom. The van der Waals surface area contributed by atoms with Crippen molar-refractivity contribution >= 4 is 17.5 Å². The van der Waals surface area contributed by atoms with E-state index >= 15 is 0 Å². The zero-order chi connectivity index (χ0) is 13.7. The summed E-state index contributed by atoms with van der Waals surface area (Å²) in [5.41, 5.74) is 1.47. The predicted octanol–water partition coefficient (Wildman–Crippen LogP) is 2.89. The molecule has 0 saturated carbocycles. The van der Waals surface area contributed by atoms with Gasteiger partial charge in [0.1, 0.15) is 11.5 Å². The molecule has 0 aromatic heterocycles. The van der Waals surface area contributed by atoms with Crippen LogP contribution in [0, 0.1) is 0 Å². The van der Waals surface area contributed by atoms with E-state index in [1.165, 1.54) is 7.11 Å². The van der Waals surface area contributed by atoms with E-state index in [9.17, 15) is 4.79 Å². The molecule has 1 aliphatic rings. The normalized spacial score (nSPS) is 17.9. The van der Waals surface area contributed by atoms with Crippen molar-refractivity contribution in [3.05, 3.63) is 42.1 Å². The van der Waals surface area contributed by atoms with Crippen LogP contribution < -0.4 is 0 Å². The second-order valence-corrected chi connectivity index (χ2v) is 4.28. The molecule has 0 N–H and O–H groups in total. The first-order chi connectivity index (χ1) is 9.26. The van der Waals surface area contributed by atoms with E-state index in [1.54, 1.807) is 6.08 Å². The Balaban J connectivity index is 2.26. The van der Waals surface area contributed by atoms with Crippen molar-refractivity contribution in [3.63, 3.8) is 0 Å². The zero-order valence-corrected chi connectivity index (χ0v) is 11.3. The van der Waals surface area contributed by atoms with Crippen LogP contribution in [0.1, 0.15) is 19.8 Å². The van der Waals surface area contributed by atoms with Gasteiger partial charge in [-0.1, -0.05) is 24.3 Å². The van der Waals surface area contributed by atoms with Crippen molar-refractivity contribution in [1.82, 2.24) is 4.90 Å². The Hall–Kier alpha value is -2.10. The van der Waals surface area contributed by atoms with Crippen LogP contribution in [0.25, 0.3) is 0 Å². The molecule has 0 bridgehead atoms. The number of aliphatic imine (C=N–C) groups is 1. The molecule has 100 valence electrons. The summed E-state index contributed by atoms with van der Waals surface area (Å²) >= 11 is 0. The standard InChI is InChI=1S/C15H18N2O2/c1-3-13(15(18)19-2)17-11-7-10-14(17)16-12-8-5-4-6-9-12/h3-6,8-9H,7,10-11H2,1-2H3/b13-3-,16-14?. The van der Waals surface area contributed by atoms with E-state index in [1.807, 2.05) is 42.2 Å². The molecule has 0 unspecified atom stereocenters. The third-order valence-corrected chi connectivity index (χ3v) is 3.07. The second-order valence-electron chi connectivity index (χ2n) is 4.28. The second kappa shape index (κ2) is 6.18. The van der Waals surface area contributed by atoms with Crippen molar-refractivity contribution in [3.8, 4) is 0 Å². The summed E-state index contributed by atoms with van der Waals surface area (Å²) in [4.78, 5) is 18.3. The largest absolute Gasteiger partial charge is 0.464 e. The van der Waals surface area contributed by atoms with Crippen molar-refractivity contribution in [2.75, 3.05) is 13.7 Å². The van der Waals surface area contributed by atoms with Crippen LogP contribution in [-0.4, -0.2) is 30.4 Å². The fraction of sp³-hybridized carbons (Fsp3) is 0.333. The number of nitrogens with zero attached hydrogens (tertiary/aromatic N) is 2. The molecule has 1 saturated heterocycles. The van der Waals surface area contributed by atoms with Gasteiger partial charge in [0.05, 0.1) is 12.8 Å². The van der Waals surface area contributed by atoms with E-state index < -0.39 is 0 Å². The molecule has 1 heterocycles. The highest BCUT2D eigenvalue weighted by molar-refractivity contribution is 5.97. The van der Waals surface area contributed by atoms with Crippen molar-refractivity contribution in [2.24, 2.45) is 4.99 Å². The molecule has 1 fully saturated rings. The lowest BCUT2D eigenvalue weighted by Crippen LogP contribution is -2.29. The van der Waals surface area contributed by atoms with Gasteiger partial charge in [-0.2, -0.15) is 0 Å². The first-order valence-electron chi connectivity index (χ1n) is 6.41. The highest BCUT2D eigenvalue weighted by Gasteiger charge is 2.26. The third-order valence-electron chi connectivity index (χ3n) is 3.07. The van der Waals surface area contributed by atoms with Crippen LogP contribution in [0.4, 0.5) is 5.69 Å². The lowest BCUT2D eigenvalue weighted by molar-refractivity contribution is -0.137. The molecule has 0 amide bonds. The first kappa shape index (κ1) is 13.3. The van der Waals surface area contributed by atoms with Crippen LogP contribution in [0.5, 0.6) is 0 Å². The molecule has 19 heavy (non-hydrogen) atoms. The van der Waals surface area contributed by atoms with Gasteiger partial charge in [-0.25, -0.2) is 9.79 Å². The van der Waals surface area contributed by atoms with Crippen LogP contribution in [-0.2, 0) is 9.53 Å². The van der Waals surface area contributed by atoms with Gasteiger partial charge in [0.2, 0.25) is 0 Å². The Labute approximate surface area is 113 Å². The monoisotopic (exact) mass is 258 g/mol. The quantitative estimate of drug-likeness (QED) is 0.618. The van der Waals surface area contributed by atoms with Gasteiger partial charge in [-0.15, -0.1) is 0 Å². The molecule has 4 nitrogen and oxygen atoms in total. The van der Waals surface area contributed by atoms with Crippen LogP contribution in [0.2, 0.25) is 0 Å². The Morgan fingerprint density at radius 1 is 1.37 bits per heavy atom. The minimum atomic E-state index is -0.315.